The number of aromatic nitrogens is 2. The fourth-order valence-corrected chi connectivity index (χ4v) is 3.45. The summed E-state index contributed by atoms with van der Waals surface area (Å²) in [4.78, 5) is 24.5. The summed E-state index contributed by atoms with van der Waals surface area (Å²) in [7, 11) is 1.30. The monoisotopic (exact) mass is 379 g/mol. The van der Waals surface area contributed by atoms with Crippen molar-refractivity contribution in [3.8, 4) is 5.69 Å². The third-order valence-corrected chi connectivity index (χ3v) is 4.76. The van der Waals surface area contributed by atoms with Gasteiger partial charge in [-0.15, -0.1) is 0 Å². The maximum atomic E-state index is 13.2. The molecule has 1 amide bonds. The number of fused-ring (bicyclic) bond motifs is 1. The highest BCUT2D eigenvalue weighted by Crippen LogP contribution is 2.28. The molecule has 1 aromatic heterocycles. The normalized spacial score (nSPS) is 12.5. The number of ether oxygens (including phenoxy) is 1. The summed E-state index contributed by atoms with van der Waals surface area (Å²) >= 11 is 0. The van der Waals surface area contributed by atoms with E-state index in [1.807, 2.05) is 0 Å². The molecule has 7 heteroatoms. The average molecular weight is 379 g/mol. The van der Waals surface area contributed by atoms with Crippen LogP contribution in [-0.2, 0) is 17.6 Å². The van der Waals surface area contributed by atoms with Crippen LogP contribution >= 0.6 is 0 Å². The van der Waals surface area contributed by atoms with Gasteiger partial charge in [0.05, 0.1) is 18.4 Å². The summed E-state index contributed by atoms with van der Waals surface area (Å²) < 4.78 is 19.7. The Morgan fingerprint density at radius 2 is 1.93 bits per heavy atom. The Kier molecular flexibility index (Phi) is 4.65. The Balaban J connectivity index is 1.65. The Bertz CT molecular complexity index is 1060. The summed E-state index contributed by atoms with van der Waals surface area (Å²) in [6.07, 6.45) is 2.51. The fourth-order valence-electron chi connectivity index (χ4n) is 3.45. The summed E-state index contributed by atoms with van der Waals surface area (Å²) in [5.74, 6) is -1.14. The SMILES string of the molecule is COC(=O)c1cccc(NC(=O)c2nn(-c3ccc(F)cc3)c3c2CCC3)c1. The predicted molar refractivity (Wildman–Crippen MR) is 101 cm³/mol. The van der Waals surface area contributed by atoms with Gasteiger partial charge in [0.2, 0.25) is 0 Å². The van der Waals surface area contributed by atoms with E-state index in [1.165, 1.54) is 19.2 Å². The number of carbonyl (C=O) groups is 2. The van der Waals surface area contributed by atoms with Crippen molar-refractivity contribution in [2.45, 2.75) is 19.3 Å². The summed E-state index contributed by atoms with van der Waals surface area (Å²) in [6.45, 7) is 0. The second-order valence-corrected chi connectivity index (χ2v) is 6.54. The topological polar surface area (TPSA) is 73.2 Å². The molecular weight excluding hydrogens is 361 g/mol. The number of halogens is 1. The minimum Gasteiger partial charge on any atom is -0.465 e. The van der Waals surface area contributed by atoms with Crippen LogP contribution in [0.4, 0.5) is 10.1 Å². The molecule has 0 radical (unpaired) electrons. The van der Waals surface area contributed by atoms with E-state index in [9.17, 15) is 14.0 Å². The van der Waals surface area contributed by atoms with E-state index in [2.05, 4.69) is 10.4 Å². The number of carbonyl (C=O) groups excluding carboxylic acids is 2. The van der Waals surface area contributed by atoms with E-state index in [-0.39, 0.29) is 11.7 Å². The summed E-state index contributed by atoms with van der Waals surface area (Å²) in [5.41, 5.74) is 3.77. The molecule has 28 heavy (non-hydrogen) atoms. The molecule has 0 spiro atoms. The van der Waals surface area contributed by atoms with Crippen LogP contribution in [-0.4, -0.2) is 28.8 Å². The van der Waals surface area contributed by atoms with Gasteiger partial charge in [0.25, 0.3) is 5.91 Å². The number of esters is 1. The largest absolute Gasteiger partial charge is 0.465 e. The minimum absolute atomic E-state index is 0.323. The van der Waals surface area contributed by atoms with Gasteiger partial charge in [-0.25, -0.2) is 13.9 Å². The fraction of sp³-hybridized carbons (Fsp3) is 0.190. The molecule has 1 heterocycles. The summed E-state index contributed by atoms with van der Waals surface area (Å²) in [5, 5.41) is 7.29. The van der Waals surface area contributed by atoms with Gasteiger partial charge >= 0.3 is 5.97 Å². The lowest BCUT2D eigenvalue weighted by Gasteiger charge is -2.07. The van der Waals surface area contributed by atoms with Gasteiger partial charge in [0, 0.05) is 16.9 Å². The lowest BCUT2D eigenvalue weighted by Crippen LogP contribution is -2.15. The van der Waals surface area contributed by atoms with Gasteiger partial charge in [0.1, 0.15) is 5.82 Å². The van der Waals surface area contributed by atoms with Crippen LogP contribution in [0.3, 0.4) is 0 Å². The highest BCUT2D eigenvalue weighted by molar-refractivity contribution is 6.04. The molecule has 0 aliphatic heterocycles. The van der Waals surface area contributed by atoms with Crippen LogP contribution in [0, 0.1) is 5.82 Å². The zero-order valence-electron chi connectivity index (χ0n) is 15.2. The quantitative estimate of drug-likeness (QED) is 0.704. The van der Waals surface area contributed by atoms with Crippen LogP contribution in [0.25, 0.3) is 5.69 Å². The van der Waals surface area contributed by atoms with E-state index in [4.69, 9.17) is 4.74 Å². The lowest BCUT2D eigenvalue weighted by atomic mass is 10.1. The first kappa shape index (κ1) is 17.9. The molecule has 4 rings (SSSR count). The Morgan fingerprint density at radius 1 is 1.14 bits per heavy atom. The van der Waals surface area contributed by atoms with Gasteiger partial charge in [-0.1, -0.05) is 6.07 Å². The van der Waals surface area contributed by atoms with Crippen LogP contribution in [0.15, 0.2) is 48.5 Å². The molecule has 2 aromatic carbocycles. The molecule has 0 unspecified atom stereocenters. The molecular formula is C21H18FN3O3. The van der Waals surface area contributed by atoms with E-state index in [0.717, 1.165) is 30.5 Å². The number of benzene rings is 2. The van der Waals surface area contributed by atoms with Crippen LogP contribution < -0.4 is 5.32 Å². The molecule has 0 saturated heterocycles. The number of hydrogen-bond acceptors (Lipinski definition) is 4. The number of methoxy groups -OCH3 is 1. The second-order valence-electron chi connectivity index (χ2n) is 6.54. The Labute approximate surface area is 160 Å². The number of rotatable bonds is 4. The van der Waals surface area contributed by atoms with Gasteiger partial charge in [0.15, 0.2) is 5.69 Å². The first-order chi connectivity index (χ1) is 13.6. The number of anilines is 1. The molecule has 0 fully saturated rings. The Morgan fingerprint density at radius 3 is 2.68 bits per heavy atom. The lowest BCUT2D eigenvalue weighted by molar-refractivity contribution is 0.0600. The zero-order chi connectivity index (χ0) is 19.7. The van der Waals surface area contributed by atoms with Crippen molar-refractivity contribution in [1.82, 2.24) is 9.78 Å². The second kappa shape index (κ2) is 7.26. The van der Waals surface area contributed by atoms with E-state index in [1.54, 1.807) is 41.1 Å². The maximum absolute atomic E-state index is 13.2. The smallest absolute Gasteiger partial charge is 0.337 e. The van der Waals surface area contributed by atoms with Crippen LogP contribution in [0.2, 0.25) is 0 Å². The van der Waals surface area contributed by atoms with E-state index >= 15 is 0 Å². The highest BCUT2D eigenvalue weighted by Gasteiger charge is 2.27. The highest BCUT2D eigenvalue weighted by atomic mass is 19.1. The van der Waals surface area contributed by atoms with Gasteiger partial charge in [-0.2, -0.15) is 5.10 Å². The van der Waals surface area contributed by atoms with Crippen molar-refractivity contribution in [2.24, 2.45) is 0 Å². The molecule has 0 atom stereocenters. The molecule has 6 nitrogen and oxygen atoms in total. The third-order valence-electron chi connectivity index (χ3n) is 4.76. The molecule has 142 valence electrons. The predicted octanol–water partition coefficient (Wildman–Crippen LogP) is 3.54. The number of amides is 1. The van der Waals surface area contributed by atoms with Gasteiger partial charge in [-0.05, 0) is 61.7 Å². The molecule has 3 aromatic rings. The van der Waals surface area contributed by atoms with Gasteiger partial charge in [-0.3, -0.25) is 4.79 Å². The zero-order valence-corrected chi connectivity index (χ0v) is 15.2. The third kappa shape index (κ3) is 3.26. The molecule has 1 aliphatic rings. The average Bonchev–Trinajstić information content (AvgIpc) is 3.31. The van der Waals surface area contributed by atoms with Crippen molar-refractivity contribution in [3.05, 3.63) is 76.9 Å². The van der Waals surface area contributed by atoms with Crippen molar-refractivity contribution in [3.63, 3.8) is 0 Å². The molecule has 1 aliphatic carbocycles. The molecule has 0 saturated carbocycles. The van der Waals surface area contributed by atoms with E-state index < -0.39 is 5.97 Å². The van der Waals surface area contributed by atoms with Crippen molar-refractivity contribution >= 4 is 17.6 Å². The maximum Gasteiger partial charge on any atom is 0.337 e. The van der Waals surface area contributed by atoms with Crippen LogP contribution in [0.1, 0.15) is 38.5 Å². The number of nitrogens with zero attached hydrogens (tertiary/aromatic N) is 2. The first-order valence-electron chi connectivity index (χ1n) is 8.93. The minimum atomic E-state index is -0.474. The number of nitrogens with one attached hydrogen (secondary N) is 1. The van der Waals surface area contributed by atoms with Crippen molar-refractivity contribution < 1.29 is 18.7 Å². The number of hydrogen-bond donors (Lipinski definition) is 1. The Hall–Kier alpha value is -3.48. The first-order valence-corrected chi connectivity index (χ1v) is 8.93. The molecule has 0 bridgehead atoms. The van der Waals surface area contributed by atoms with Crippen LogP contribution in [0.5, 0.6) is 0 Å². The van der Waals surface area contributed by atoms with Crippen molar-refractivity contribution in [2.75, 3.05) is 12.4 Å². The van der Waals surface area contributed by atoms with Crippen molar-refractivity contribution in [1.29, 1.82) is 0 Å². The van der Waals surface area contributed by atoms with E-state index in [0.29, 0.717) is 22.6 Å². The molecule has 1 N–H and O–H groups in total. The summed E-state index contributed by atoms with van der Waals surface area (Å²) in [6, 6.07) is 12.6. The standard InChI is InChI=1S/C21H18FN3O3/c1-28-21(27)13-4-2-5-15(12-13)23-20(26)19-17-6-3-7-18(17)25(24-19)16-10-8-14(22)9-11-16/h2,4-5,8-12H,3,6-7H2,1H3,(H,23,26). The van der Waals surface area contributed by atoms with Gasteiger partial charge < -0.3 is 10.1 Å².